The molecule has 0 aromatic rings. The quantitative estimate of drug-likeness (QED) is 0.433. The van der Waals surface area contributed by atoms with Crippen LogP contribution in [0.5, 0.6) is 0 Å². The van der Waals surface area contributed by atoms with Crippen LogP contribution in [0.4, 0.5) is 52.7 Å². The largest absolute Gasteiger partial charge is 0.526 e. The van der Waals surface area contributed by atoms with Crippen molar-refractivity contribution >= 4 is 0 Å². The van der Waals surface area contributed by atoms with Crippen molar-refractivity contribution in [3.05, 3.63) is 12.1 Å². The molecular weight excluding hydrogens is 332 g/mol. The first-order chi connectivity index (χ1) is 8.53. The smallest absolute Gasteiger partial charge is 0.417 e. The fourth-order valence-corrected chi connectivity index (χ4v) is 0.741. The second-order valence-corrected chi connectivity index (χ2v) is 2.80. The summed E-state index contributed by atoms with van der Waals surface area (Å²) in [4.78, 5) is 0. The maximum atomic E-state index is 12.1. The van der Waals surface area contributed by atoms with E-state index >= 15 is 0 Å². The average molecular weight is 332 g/mol. The summed E-state index contributed by atoms with van der Waals surface area (Å²) in [5, 5.41) is 0. The summed E-state index contributed by atoms with van der Waals surface area (Å²) in [5.41, 5.74) is 0. The molecule has 0 aliphatic heterocycles. The van der Waals surface area contributed by atoms with Crippen LogP contribution in [0.1, 0.15) is 0 Å². The Labute approximate surface area is 100 Å². The highest BCUT2D eigenvalue weighted by Gasteiger charge is 2.79. The highest BCUT2D eigenvalue weighted by Crippen LogP contribution is 2.50. The highest BCUT2D eigenvalue weighted by molar-refractivity contribution is 4.94. The molecule has 2 nitrogen and oxygen atoms in total. The average Bonchev–Trinajstić information content (AvgIpc) is 2.10. The van der Waals surface area contributed by atoms with Gasteiger partial charge in [-0.15, -0.1) is 13.2 Å². The molecule has 0 atom stereocenters. The Morgan fingerprint density at radius 2 is 1.00 bits per heavy atom. The molecule has 0 saturated heterocycles. The lowest BCUT2D eigenvalue weighted by atomic mass is 10.2. The third-order valence-electron chi connectivity index (χ3n) is 1.39. The van der Waals surface area contributed by atoms with Crippen molar-refractivity contribution in [2.75, 3.05) is 0 Å². The zero-order valence-electron chi connectivity index (χ0n) is 8.35. The van der Waals surface area contributed by atoms with Gasteiger partial charge >= 0.3 is 36.6 Å². The summed E-state index contributed by atoms with van der Waals surface area (Å²) in [5.74, 6) is -6.67. The van der Waals surface area contributed by atoms with E-state index in [9.17, 15) is 52.7 Å². The molecule has 0 bridgehead atoms. The van der Waals surface area contributed by atoms with Gasteiger partial charge in [-0.3, -0.25) is 0 Å². The molecule has 0 aliphatic rings. The standard InChI is InChI=1S/C6F12O2/c7-1(8)2(9)19-3(4(10,11)12,5(13,14)15)20-6(16,17)18. The molecule has 0 aliphatic carbocycles. The molecule has 0 saturated carbocycles. The maximum Gasteiger partial charge on any atom is 0.526 e. The maximum absolute atomic E-state index is 12.1. The second-order valence-electron chi connectivity index (χ2n) is 2.80. The number of alkyl halides is 9. The molecule has 0 aromatic heterocycles. The van der Waals surface area contributed by atoms with Crippen molar-refractivity contribution in [2.24, 2.45) is 0 Å². The molecule has 0 amide bonds. The zero-order chi connectivity index (χ0) is 16.6. The molecule has 0 heterocycles. The van der Waals surface area contributed by atoms with Crippen molar-refractivity contribution in [2.45, 2.75) is 24.5 Å². The van der Waals surface area contributed by atoms with E-state index in [0.29, 0.717) is 0 Å². The molecule has 0 aromatic carbocycles. The number of ether oxygens (including phenoxy) is 2. The summed E-state index contributed by atoms with van der Waals surface area (Å²) < 4.78 is 146. The van der Waals surface area contributed by atoms with Gasteiger partial charge in [0.05, 0.1) is 0 Å². The van der Waals surface area contributed by atoms with E-state index in [2.05, 4.69) is 4.74 Å². The Balaban J connectivity index is 6.04. The van der Waals surface area contributed by atoms with Crippen molar-refractivity contribution in [3.63, 3.8) is 0 Å². The van der Waals surface area contributed by atoms with Gasteiger partial charge in [0.15, 0.2) is 0 Å². The Morgan fingerprint density at radius 3 is 1.20 bits per heavy atom. The van der Waals surface area contributed by atoms with Gasteiger partial charge in [0.25, 0.3) is 0 Å². The van der Waals surface area contributed by atoms with Gasteiger partial charge in [0.1, 0.15) is 0 Å². The lowest BCUT2D eigenvalue weighted by Crippen LogP contribution is -2.62. The minimum absolute atomic E-state index is 1.70. The number of hydrogen-bond acceptors (Lipinski definition) is 2. The van der Waals surface area contributed by atoms with E-state index in [4.69, 9.17) is 0 Å². The van der Waals surface area contributed by atoms with Crippen LogP contribution in [-0.4, -0.2) is 24.5 Å². The molecule has 0 spiro atoms. The van der Waals surface area contributed by atoms with E-state index in [1.807, 2.05) is 0 Å². The van der Waals surface area contributed by atoms with Crippen LogP contribution in [0.15, 0.2) is 12.1 Å². The van der Waals surface area contributed by atoms with Gasteiger partial charge in [-0.25, -0.2) is 4.74 Å². The summed E-state index contributed by atoms with van der Waals surface area (Å²) in [6.45, 7) is 0. The molecule has 120 valence electrons. The van der Waals surface area contributed by atoms with Crippen LogP contribution >= 0.6 is 0 Å². The van der Waals surface area contributed by atoms with Gasteiger partial charge < -0.3 is 4.74 Å². The van der Waals surface area contributed by atoms with Crippen LogP contribution < -0.4 is 0 Å². The molecule has 0 N–H and O–H groups in total. The normalized spacial score (nSPS) is 14.2. The minimum Gasteiger partial charge on any atom is -0.417 e. The third-order valence-corrected chi connectivity index (χ3v) is 1.39. The Morgan fingerprint density at radius 1 is 0.650 bits per heavy atom. The zero-order valence-corrected chi connectivity index (χ0v) is 8.35. The lowest BCUT2D eigenvalue weighted by Gasteiger charge is -2.35. The molecule has 0 fully saturated rings. The molecular formula is C6F12O2. The van der Waals surface area contributed by atoms with Crippen LogP contribution in [0.25, 0.3) is 0 Å². The summed E-state index contributed by atoms with van der Waals surface area (Å²) in [6, 6.07) is -3.83. The Bertz CT molecular complexity index is 355. The van der Waals surface area contributed by atoms with Crippen molar-refractivity contribution in [1.82, 2.24) is 0 Å². The fourth-order valence-electron chi connectivity index (χ4n) is 0.741. The predicted octanol–water partition coefficient (Wildman–Crippen LogP) is 4.40. The van der Waals surface area contributed by atoms with E-state index < -0.39 is 36.6 Å². The van der Waals surface area contributed by atoms with Gasteiger partial charge in [0.2, 0.25) is 0 Å². The van der Waals surface area contributed by atoms with Crippen LogP contribution in [0.3, 0.4) is 0 Å². The van der Waals surface area contributed by atoms with E-state index in [-0.39, 0.29) is 0 Å². The first-order valence-corrected chi connectivity index (χ1v) is 3.83. The van der Waals surface area contributed by atoms with Crippen molar-refractivity contribution in [3.8, 4) is 0 Å². The summed E-state index contributed by atoms with van der Waals surface area (Å²) in [7, 11) is 0. The highest BCUT2D eigenvalue weighted by atomic mass is 19.4. The van der Waals surface area contributed by atoms with Gasteiger partial charge in [0, 0.05) is 0 Å². The van der Waals surface area contributed by atoms with E-state index in [1.165, 1.54) is 0 Å². The number of halogens is 12. The topological polar surface area (TPSA) is 18.5 Å². The minimum atomic E-state index is -7.08. The van der Waals surface area contributed by atoms with Crippen LogP contribution in [-0.2, 0) is 9.47 Å². The monoisotopic (exact) mass is 332 g/mol. The molecule has 20 heavy (non-hydrogen) atoms. The van der Waals surface area contributed by atoms with Gasteiger partial charge in [-0.05, 0) is 0 Å². The predicted molar refractivity (Wildman–Crippen MR) is 33.4 cm³/mol. The fraction of sp³-hybridized carbons (Fsp3) is 0.667. The Hall–Kier alpha value is -1.34. The first-order valence-electron chi connectivity index (χ1n) is 3.83. The van der Waals surface area contributed by atoms with Gasteiger partial charge in [-0.1, -0.05) is 0 Å². The van der Waals surface area contributed by atoms with Crippen LogP contribution in [0.2, 0.25) is 0 Å². The number of rotatable bonds is 3. The third kappa shape index (κ3) is 4.08. The van der Waals surface area contributed by atoms with E-state index in [1.54, 1.807) is 4.74 Å². The first kappa shape index (κ1) is 18.7. The SMILES string of the molecule is FC(F)=C(F)OC(OC(F)(F)F)(C(F)(F)F)C(F)(F)F. The van der Waals surface area contributed by atoms with Crippen LogP contribution in [0, 0.1) is 0 Å². The molecule has 0 unspecified atom stereocenters. The molecule has 14 heteroatoms. The number of hydrogen-bond donors (Lipinski definition) is 0. The van der Waals surface area contributed by atoms with Crippen molar-refractivity contribution in [1.29, 1.82) is 0 Å². The summed E-state index contributed by atoms with van der Waals surface area (Å²) in [6.07, 6.45) is -24.6. The summed E-state index contributed by atoms with van der Waals surface area (Å²) >= 11 is 0. The van der Waals surface area contributed by atoms with Crippen molar-refractivity contribution < 1.29 is 62.2 Å². The molecule has 0 radical (unpaired) electrons. The Kier molecular flexibility index (Phi) is 4.86. The van der Waals surface area contributed by atoms with Gasteiger partial charge in [-0.2, -0.15) is 39.5 Å². The molecule has 0 rings (SSSR count). The van der Waals surface area contributed by atoms with E-state index in [0.717, 1.165) is 0 Å². The lowest BCUT2D eigenvalue weighted by molar-refractivity contribution is -0.528. The second kappa shape index (κ2) is 5.21.